The van der Waals surface area contributed by atoms with Gasteiger partial charge < -0.3 is 23.9 Å². The van der Waals surface area contributed by atoms with Crippen molar-refractivity contribution in [1.82, 2.24) is 9.62 Å². The molecule has 0 saturated carbocycles. The minimum absolute atomic E-state index is 0.00344. The molecule has 0 bridgehead atoms. The average molecular weight is 733 g/mol. The van der Waals surface area contributed by atoms with Crippen molar-refractivity contribution in [3.8, 4) is 11.3 Å². The molecule has 3 aliphatic heterocycles. The smallest absolute Gasteiger partial charge is 0.414 e. The Hall–Kier alpha value is -5.34. The summed E-state index contributed by atoms with van der Waals surface area (Å²) in [6, 6.07) is 22.1. The Balaban J connectivity index is 0.936. The second-order valence-corrected chi connectivity index (χ2v) is 14.2. The number of sulfonamides is 1. The van der Waals surface area contributed by atoms with Crippen molar-refractivity contribution in [2.75, 3.05) is 60.5 Å². The van der Waals surface area contributed by atoms with E-state index in [1.807, 2.05) is 30.0 Å². The standard InChI is InChI=1S/C36H34ClFN6O6S/c1-2-43-31-5-3-4-6-33(31)51(47,48)40-35(43)39-22-28-23-44(36(46)50-28)26-11-14-30(29(38)21-26)41-17-19-42(20-18-41)34(45)16-13-27-12-15-32(49-27)24-7-9-25(37)10-8-24/h3-16,21,28H,2,17-20,22-23H2,1H3,(H,39,40)/b16-13+. The van der Waals surface area contributed by atoms with E-state index in [9.17, 15) is 18.0 Å². The molecule has 0 aliphatic carbocycles. The van der Waals surface area contributed by atoms with Gasteiger partial charge in [0.1, 0.15) is 28.3 Å². The molecule has 15 heteroatoms. The van der Waals surface area contributed by atoms with Gasteiger partial charge in [-0.2, -0.15) is 0 Å². The number of carbonyl (C=O) groups is 2. The molecular formula is C36H34ClFN6O6S. The Bertz CT molecular complexity index is 2130. The van der Waals surface area contributed by atoms with Crippen LogP contribution in [-0.2, 0) is 19.6 Å². The molecule has 264 valence electrons. The number of aliphatic imine (C=N–C) groups is 1. The van der Waals surface area contributed by atoms with Crippen LogP contribution >= 0.6 is 11.6 Å². The van der Waals surface area contributed by atoms with Crippen LogP contribution in [0.4, 0.5) is 26.2 Å². The number of halogens is 2. The highest BCUT2D eigenvalue weighted by Gasteiger charge is 2.35. The number of furan rings is 1. The monoisotopic (exact) mass is 732 g/mol. The molecule has 2 fully saturated rings. The van der Waals surface area contributed by atoms with Gasteiger partial charge >= 0.3 is 6.09 Å². The highest BCUT2D eigenvalue weighted by atomic mass is 35.5. The number of rotatable bonds is 8. The van der Waals surface area contributed by atoms with Crippen molar-refractivity contribution in [3.05, 3.63) is 102 Å². The predicted octanol–water partition coefficient (Wildman–Crippen LogP) is 5.60. The molecule has 0 spiro atoms. The molecule has 3 aliphatic rings. The summed E-state index contributed by atoms with van der Waals surface area (Å²) in [6.07, 6.45) is 1.77. The average Bonchev–Trinajstić information content (AvgIpc) is 3.76. The third-order valence-electron chi connectivity index (χ3n) is 8.88. The zero-order valence-corrected chi connectivity index (χ0v) is 29.1. The number of anilines is 3. The first-order valence-corrected chi connectivity index (χ1v) is 18.2. The maximum absolute atomic E-state index is 15.5. The molecule has 7 rings (SSSR count). The molecule has 1 atom stereocenters. The van der Waals surface area contributed by atoms with Crippen LogP contribution in [0.15, 0.2) is 99.2 Å². The fourth-order valence-electron chi connectivity index (χ4n) is 6.26. The van der Waals surface area contributed by atoms with Crippen molar-refractivity contribution >= 4 is 62.7 Å². The minimum Gasteiger partial charge on any atom is -0.457 e. The van der Waals surface area contributed by atoms with Crippen LogP contribution in [0.3, 0.4) is 0 Å². The number of para-hydroxylation sites is 1. The molecule has 12 nitrogen and oxygen atoms in total. The largest absolute Gasteiger partial charge is 0.457 e. The molecule has 1 N–H and O–H groups in total. The molecule has 51 heavy (non-hydrogen) atoms. The molecular weight excluding hydrogens is 699 g/mol. The van der Waals surface area contributed by atoms with Gasteiger partial charge in [-0.3, -0.25) is 9.69 Å². The summed E-state index contributed by atoms with van der Waals surface area (Å²) in [5.74, 6) is 0.669. The van der Waals surface area contributed by atoms with Crippen LogP contribution in [0.25, 0.3) is 17.4 Å². The lowest BCUT2D eigenvalue weighted by Crippen LogP contribution is -2.49. The van der Waals surface area contributed by atoms with E-state index >= 15 is 4.39 Å². The highest BCUT2D eigenvalue weighted by Crippen LogP contribution is 2.31. The second kappa shape index (κ2) is 14.1. The van der Waals surface area contributed by atoms with Crippen molar-refractivity contribution in [3.63, 3.8) is 0 Å². The van der Waals surface area contributed by atoms with E-state index in [1.54, 1.807) is 64.4 Å². The van der Waals surface area contributed by atoms with Gasteiger partial charge in [-0.25, -0.2) is 27.3 Å². The summed E-state index contributed by atoms with van der Waals surface area (Å²) < 4.78 is 54.9. The van der Waals surface area contributed by atoms with E-state index in [0.29, 0.717) is 66.3 Å². The van der Waals surface area contributed by atoms with Crippen LogP contribution in [-0.4, -0.2) is 83.2 Å². The van der Waals surface area contributed by atoms with Crippen LogP contribution in [0.5, 0.6) is 0 Å². The number of hydrogen-bond acceptors (Lipinski definition) is 8. The van der Waals surface area contributed by atoms with Gasteiger partial charge in [0.25, 0.3) is 10.0 Å². The summed E-state index contributed by atoms with van der Waals surface area (Å²) in [6.45, 7) is 4.10. The summed E-state index contributed by atoms with van der Waals surface area (Å²) in [5.41, 5.74) is 2.08. The van der Waals surface area contributed by atoms with E-state index in [2.05, 4.69) is 9.71 Å². The van der Waals surface area contributed by atoms with Crippen LogP contribution < -0.4 is 19.4 Å². The van der Waals surface area contributed by atoms with Gasteiger partial charge in [-0.05, 0) is 79.7 Å². The van der Waals surface area contributed by atoms with E-state index < -0.39 is 28.0 Å². The number of benzene rings is 3. The summed E-state index contributed by atoms with van der Waals surface area (Å²) in [5, 5.41) is 0.633. The number of amides is 2. The second-order valence-electron chi connectivity index (χ2n) is 12.1. The molecule has 1 aromatic heterocycles. The molecule has 3 aromatic carbocycles. The van der Waals surface area contributed by atoms with Gasteiger partial charge in [0, 0.05) is 49.4 Å². The topological polar surface area (TPSA) is 128 Å². The number of cyclic esters (lactones) is 1. The Morgan fingerprint density at radius 1 is 1.02 bits per heavy atom. The Morgan fingerprint density at radius 2 is 1.78 bits per heavy atom. The van der Waals surface area contributed by atoms with Crippen LogP contribution in [0.1, 0.15) is 12.7 Å². The first kappa shape index (κ1) is 34.1. The fourth-order valence-corrected chi connectivity index (χ4v) is 7.63. The molecule has 0 radical (unpaired) electrons. The van der Waals surface area contributed by atoms with Crippen molar-refractivity contribution in [2.45, 2.75) is 17.9 Å². The van der Waals surface area contributed by atoms with Gasteiger partial charge in [0.2, 0.25) is 11.9 Å². The Kier molecular flexibility index (Phi) is 9.44. The lowest BCUT2D eigenvalue weighted by atomic mass is 10.2. The Morgan fingerprint density at radius 3 is 2.53 bits per heavy atom. The zero-order chi connectivity index (χ0) is 35.7. The van der Waals surface area contributed by atoms with E-state index in [-0.39, 0.29) is 29.9 Å². The van der Waals surface area contributed by atoms with Gasteiger partial charge in [-0.15, -0.1) is 0 Å². The number of fused-ring (bicyclic) bond motifs is 1. The molecule has 4 heterocycles. The molecule has 1 unspecified atom stereocenters. The van der Waals surface area contributed by atoms with E-state index in [1.165, 1.54) is 23.1 Å². The lowest BCUT2D eigenvalue weighted by Gasteiger charge is -2.36. The highest BCUT2D eigenvalue weighted by molar-refractivity contribution is 7.90. The predicted molar refractivity (Wildman–Crippen MR) is 193 cm³/mol. The quantitative estimate of drug-likeness (QED) is 0.232. The summed E-state index contributed by atoms with van der Waals surface area (Å²) >= 11 is 5.96. The summed E-state index contributed by atoms with van der Waals surface area (Å²) in [4.78, 5) is 36.9. The SMILES string of the molecule is CCN1C(=NCC2CN(c3ccc(N4CCN(C(=O)/C=C/c5ccc(-c6ccc(Cl)cc6)o5)CC4)c(F)c3)C(=O)O2)NS(=O)(=O)c2ccccc21. The number of nitrogens with one attached hydrogen (secondary N) is 1. The first-order chi connectivity index (χ1) is 24.6. The van der Waals surface area contributed by atoms with Crippen molar-refractivity contribution < 1.29 is 31.6 Å². The number of guanidine groups is 1. The van der Waals surface area contributed by atoms with Gasteiger partial charge in [-0.1, -0.05) is 23.7 Å². The van der Waals surface area contributed by atoms with E-state index in [4.69, 9.17) is 20.8 Å². The fraction of sp³-hybridized carbons (Fsp3) is 0.250. The number of carbonyl (C=O) groups excluding carboxylic acids is 2. The number of nitrogens with zero attached hydrogens (tertiary/aromatic N) is 5. The third-order valence-corrected chi connectivity index (χ3v) is 10.5. The first-order valence-electron chi connectivity index (χ1n) is 16.4. The van der Waals surface area contributed by atoms with Crippen LogP contribution in [0.2, 0.25) is 5.02 Å². The molecule has 2 amide bonds. The number of piperazine rings is 1. The van der Waals surface area contributed by atoms with Crippen LogP contribution in [0, 0.1) is 5.82 Å². The van der Waals surface area contributed by atoms with E-state index in [0.717, 1.165) is 5.56 Å². The maximum Gasteiger partial charge on any atom is 0.414 e. The number of ether oxygens (including phenoxy) is 1. The maximum atomic E-state index is 15.5. The lowest BCUT2D eigenvalue weighted by molar-refractivity contribution is -0.126. The third kappa shape index (κ3) is 7.14. The summed E-state index contributed by atoms with van der Waals surface area (Å²) in [7, 11) is -3.81. The zero-order valence-electron chi connectivity index (χ0n) is 27.5. The molecule has 2 saturated heterocycles. The minimum atomic E-state index is -3.81. The number of hydrogen-bond donors (Lipinski definition) is 1. The van der Waals surface area contributed by atoms with Gasteiger partial charge in [0.15, 0.2) is 0 Å². The van der Waals surface area contributed by atoms with Crippen molar-refractivity contribution in [2.24, 2.45) is 4.99 Å². The normalized spacial score (nSPS) is 19.4. The molecule has 4 aromatic rings. The Labute approximate surface area is 299 Å². The van der Waals surface area contributed by atoms with Gasteiger partial charge in [0.05, 0.1) is 30.2 Å². The van der Waals surface area contributed by atoms with Crippen molar-refractivity contribution in [1.29, 1.82) is 0 Å².